The highest BCUT2D eigenvalue weighted by Crippen LogP contribution is 2.38. The van der Waals surface area contributed by atoms with Crippen molar-refractivity contribution >= 4 is 23.3 Å². The first kappa shape index (κ1) is 26.9. The van der Waals surface area contributed by atoms with Crippen LogP contribution in [0.4, 0.5) is 23.7 Å². The summed E-state index contributed by atoms with van der Waals surface area (Å²) >= 11 is 0. The first-order valence-electron chi connectivity index (χ1n) is 11.8. The number of aromatic nitrogens is 4. The summed E-state index contributed by atoms with van der Waals surface area (Å²) in [5.74, 6) is -0.547. The number of anilines is 1. The first-order chi connectivity index (χ1) is 17.5. The fraction of sp³-hybridized carbons (Fsp3) is 0.333. The molecule has 0 aliphatic rings. The van der Waals surface area contributed by atoms with Crippen LogP contribution in [0, 0.1) is 5.41 Å². The van der Waals surface area contributed by atoms with Gasteiger partial charge in [0.1, 0.15) is 11.3 Å². The molecule has 0 unspecified atom stereocenters. The summed E-state index contributed by atoms with van der Waals surface area (Å²) in [7, 11) is 0. The van der Waals surface area contributed by atoms with Gasteiger partial charge in [0, 0.05) is 17.2 Å². The van der Waals surface area contributed by atoms with Gasteiger partial charge in [0.05, 0.1) is 28.8 Å². The number of carbonyl (C=O) groups is 2. The Bertz CT molecular complexity index is 1520. The molecule has 3 heterocycles. The summed E-state index contributed by atoms with van der Waals surface area (Å²) in [5.41, 5.74) is -0.743. The number of ether oxygens (including phenoxy) is 1. The fourth-order valence-corrected chi connectivity index (χ4v) is 3.58. The zero-order valence-electron chi connectivity index (χ0n) is 21.8. The van der Waals surface area contributed by atoms with Crippen LogP contribution in [0.5, 0.6) is 0 Å². The number of halogens is 3. The molecule has 0 saturated carbocycles. The van der Waals surface area contributed by atoms with E-state index in [-0.39, 0.29) is 5.69 Å². The predicted octanol–water partition coefficient (Wildman–Crippen LogP) is 6.65. The molecule has 1 aromatic carbocycles. The maximum absolute atomic E-state index is 13.6. The van der Waals surface area contributed by atoms with Gasteiger partial charge >= 0.3 is 12.3 Å². The molecule has 0 aliphatic carbocycles. The van der Waals surface area contributed by atoms with Gasteiger partial charge in [-0.3, -0.25) is 9.36 Å². The largest absolute Gasteiger partial charge is 0.443 e. The first-order valence-corrected chi connectivity index (χ1v) is 11.8. The Kier molecular flexibility index (Phi) is 6.59. The van der Waals surface area contributed by atoms with Crippen molar-refractivity contribution in [3.8, 4) is 22.6 Å². The highest BCUT2D eigenvalue weighted by atomic mass is 19.4. The second kappa shape index (κ2) is 9.30. The highest BCUT2D eigenvalue weighted by molar-refractivity contribution is 5.96. The molecule has 11 heteroatoms. The number of rotatable bonds is 3. The van der Waals surface area contributed by atoms with Gasteiger partial charge in [0.25, 0.3) is 0 Å². The minimum absolute atomic E-state index is 0.351. The standard InChI is InChI=1S/C27H28F3N5O3/c1-25(2,3)23(36)32-19-14-16(9-10-17(19)27(28,29)30)20-15-35-22(31-20)12-11-18(33-35)21-8-7-13-34(21)24(37)38-26(4,5)6/h7-15H,1-6H3,(H,32,36). The quantitative estimate of drug-likeness (QED) is 0.322. The average molecular weight is 528 g/mol. The van der Waals surface area contributed by atoms with Crippen LogP contribution in [0.2, 0.25) is 0 Å². The number of nitrogens with one attached hydrogen (secondary N) is 1. The van der Waals surface area contributed by atoms with Gasteiger partial charge in [0.15, 0.2) is 5.65 Å². The molecular formula is C27H28F3N5O3. The van der Waals surface area contributed by atoms with Crippen LogP contribution in [0.3, 0.4) is 0 Å². The Hall–Kier alpha value is -4.15. The molecule has 1 amide bonds. The third kappa shape index (κ3) is 5.71. The van der Waals surface area contributed by atoms with Crippen molar-refractivity contribution in [2.45, 2.75) is 53.3 Å². The molecule has 200 valence electrons. The number of fused-ring (bicyclic) bond motifs is 1. The molecule has 0 bridgehead atoms. The van der Waals surface area contributed by atoms with Crippen LogP contribution in [-0.2, 0) is 15.7 Å². The van der Waals surface area contributed by atoms with E-state index in [1.165, 1.54) is 21.2 Å². The Morgan fingerprint density at radius 1 is 0.947 bits per heavy atom. The molecule has 1 N–H and O–H groups in total. The number of nitrogens with zero attached hydrogens (tertiary/aromatic N) is 4. The second-order valence-corrected chi connectivity index (χ2v) is 10.9. The molecule has 0 aliphatic heterocycles. The minimum atomic E-state index is -4.66. The van der Waals surface area contributed by atoms with Crippen LogP contribution in [0.25, 0.3) is 28.3 Å². The molecule has 0 radical (unpaired) electrons. The summed E-state index contributed by atoms with van der Waals surface area (Å²) in [6.07, 6.45) is -2.07. The number of hydrogen-bond donors (Lipinski definition) is 1. The van der Waals surface area contributed by atoms with Crippen molar-refractivity contribution in [2.24, 2.45) is 5.41 Å². The second-order valence-electron chi connectivity index (χ2n) is 10.9. The van der Waals surface area contributed by atoms with E-state index in [1.54, 1.807) is 78.2 Å². The average Bonchev–Trinajstić information content (AvgIpc) is 3.43. The SMILES string of the molecule is CC(C)(C)OC(=O)n1cccc1-c1ccc2nc(-c3ccc(C(F)(F)F)c(NC(=O)C(C)(C)C)c3)cn2n1. The van der Waals surface area contributed by atoms with Crippen LogP contribution in [0.15, 0.2) is 54.9 Å². The van der Waals surface area contributed by atoms with Crippen LogP contribution in [-0.4, -0.2) is 36.8 Å². The molecular weight excluding hydrogens is 499 g/mol. The molecule has 0 spiro atoms. The van der Waals surface area contributed by atoms with Crippen molar-refractivity contribution < 1.29 is 27.5 Å². The molecule has 0 saturated heterocycles. The molecule has 4 rings (SSSR count). The molecule has 38 heavy (non-hydrogen) atoms. The lowest BCUT2D eigenvalue weighted by molar-refractivity contribution is -0.137. The van der Waals surface area contributed by atoms with Gasteiger partial charge in [-0.2, -0.15) is 18.3 Å². The lowest BCUT2D eigenvalue weighted by Gasteiger charge is -2.20. The molecule has 0 fully saturated rings. The lowest BCUT2D eigenvalue weighted by atomic mass is 9.95. The number of hydrogen-bond acceptors (Lipinski definition) is 5. The summed E-state index contributed by atoms with van der Waals surface area (Å²) in [4.78, 5) is 29.6. The zero-order valence-corrected chi connectivity index (χ0v) is 21.8. The number of alkyl halides is 3. The van der Waals surface area contributed by atoms with Gasteiger partial charge in [0.2, 0.25) is 5.91 Å². The Morgan fingerprint density at radius 2 is 1.66 bits per heavy atom. The number of imidazole rings is 1. The van der Waals surface area contributed by atoms with Crippen molar-refractivity contribution in [3.63, 3.8) is 0 Å². The smallest absolute Gasteiger partial charge is 0.419 e. The molecule has 8 nitrogen and oxygen atoms in total. The Balaban J connectivity index is 1.72. The summed E-state index contributed by atoms with van der Waals surface area (Å²) in [6.45, 7) is 10.2. The van der Waals surface area contributed by atoms with Gasteiger partial charge < -0.3 is 10.1 Å². The van der Waals surface area contributed by atoms with Gasteiger partial charge in [-0.1, -0.05) is 26.8 Å². The van der Waals surface area contributed by atoms with Crippen molar-refractivity contribution in [1.82, 2.24) is 19.2 Å². The van der Waals surface area contributed by atoms with Crippen molar-refractivity contribution in [1.29, 1.82) is 0 Å². The Labute approximate surface area is 217 Å². The van der Waals surface area contributed by atoms with Gasteiger partial charge in [-0.15, -0.1) is 0 Å². The van der Waals surface area contributed by atoms with Crippen molar-refractivity contribution in [2.75, 3.05) is 5.32 Å². The molecule has 3 aromatic heterocycles. The third-order valence-electron chi connectivity index (χ3n) is 5.47. The number of benzene rings is 1. The van der Waals surface area contributed by atoms with E-state index in [0.717, 1.165) is 6.07 Å². The van der Waals surface area contributed by atoms with E-state index in [2.05, 4.69) is 15.4 Å². The topological polar surface area (TPSA) is 90.5 Å². The van der Waals surface area contributed by atoms with E-state index >= 15 is 0 Å². The lowest BCUT2D eigenvalue weighted by Crippen LogP contribution is -2.28. The summed E-state index contributed by atoms with van der Waals surface area (Å²) < 4.78 is 49.2. The van der Waals surface area contributed by atoms with E-state index in [9.17, 15) is 22.8 Å². The monoisotopic (exact) mass is 527 g/mol. The van der Waals surface area contributed by atoms with Gasteiger partial charge in [-0.05, 0) is 57.2 Å². The zero-order chi connectivity index (χ0) is 28.0. The van der Waals surface area contributed by atoms with Gasteiger partial charge in [-0.25, -0.2) is 14.3 Å². The van der Waals surface area contributed by atoms with Crippen LogP contribution >= 0.6 is 0 Å². The van der Waals surface area contributed by atoms with Crippen LogP contribution < -0.4 is 5.32 Å². The summed E-state index contributed by atoms with van der Waals surface area (Å²) in [6, 6.07) is 10.3. The number of carbonyl (C=O) groups excluding carboxylic acids is 2. The van der Waals surface area contributed by atoms with E-state index in [1.807, 2.05) is 0 Å². The molecule has 0 atom stereocenters. The van der Waals surface area contributed by atoms with Crippen LogP contribution in [0.1, 0.15) is 47.1 Å². The Morgan fingerprint density at radius 3 is 2.29 bits per heavy atom. The fourth-order valence-electron chi connectivity index (χ4n) is 3.58. The molecule has 4 aromatic rings. The maximum atomic E-state index is 13.6. The van der Waals surface area contributed by atoms with Crippen molar-refractivity contribution in [3.05, 3.63) is 60.4 Å². The number of amides is 1. The van der Waals surface area contributed by atoms with E-state index in [0.29, 0.717) is 28.3 Å². The highest BCUT2D eigenvalue weighted by Gasteiger charge is 2.35. The third-order valence-corrected chi connectivity index (χ3v) is 5.47. The maximum Gasteiger partial charge on any atom is 0.419 e. The minimum Gasteiger partial charge on any atom is -0.443 e. The van der Waals surface area contributed by atoms with E-state index in [4.69, 9.17) is 4.74 Å². The van der Waals surface area contributed by atoms with E-state index < -0.39 is 34.8 Å². The normalized spacial score (nSPS) is 12.6. The predicted molar refractivity (Wildman–Crippen MR) is 137 cm³/mol. The summed E-state index contributed by atoms with van der Waals surface area (Å²) in [5, 5.41) is 6.94.